The lowest BCUT2D eigenvalue weighted by Crippen LogP contribution is -2.31. The number of carbonyl (C=O) groups is 1. The Hall–Kier alpha value is -3.01. The summed E-state index contributed by atoms with van der Waals surface area (Å²) in [5, 5.41) is 27.5. The molecule has 1 aliphatic heterocycles. The molecule has 31 heavy (non-hydrogen) atoms. The molecule has 1 saturated carbocycles. The molecule has 1 aliphatic carbocycles. The number of amides is 1. The summed E-state index contributed by atoms with van der Waals surface area (Å²) in [7, 11) is 0. The quantitative estimate of drug-likeness (QED) is 0.473. The van der Waals surface area contributed by atoms with Crippen LogP contribution in [0.4, 0.5) is 5.82 Å². The van der Waals surface area contributed by atoms with Gasteiger partial charge in [0.25, 0.3) is 0 Å². The van der Waals surface area contributed by atoms with Crippen molar-refractivity contribution in [2.24, 2.45) is 0 Å². The number of benzene rings is 1. The summed E-state index contributed by atoms with van der Waals surface area (Å²) in [4.78, 5) is 21.0. The molecule has 1 saturated heterocycles. The van der Waals surface area contributed by atoms with Crippen LogP contribution in [0, 0.1) is 0 Å². The first-order valence-electron chi connectivity index (χ1n) is 10.5. The highest BCUT2D eigenvalue weighted by atomic mass is 16.6. The fourth-order valence-electron chi connectivity index (χ4n) is 3.98. The van der Waals surface area contributed by atoms with Crippen molar-refractivity contribution in [1.82, 2.24) is 19.9 Å². The average Bonchev–Trinajstić information content (AvgIpc) is 3.46. The van der Waals surface area contributed by atoms with Crippen LogP contribution in [0.2, 0.25) is 0 Å². The zero-order chi connectivity index (χ0) is 21.5. The van der Waals surface area contributed by atoms with Gasteiger partial charge in [-0.2, -0.15) is 0 Å². The summed E-state index contributed by atoms with van der Waals surface area (Å²) in [6.07, 6.45) is 1.93. The third-order valence-corrected chi connectivity index (χ3v) is 5.80. The van der Waals surface area contributed by atoms with Gasteiger partial charge >= 0.3 is 0 Å². The van der Waals surface area contributed by atoms with Crippen LogP contribution in [-0.2, 0) is 9.53 Å². The summed E-state index contributed by atoms with van der Waals surface area (Å²) in [6, 6.07) is 10.0. The van der Waals surface area contributed by atoms with Crippen LogP contribution in [0.1, 0.15) is 26.0 Å². The van der Waals surface area contributed by atoms with Gasteiger partial charge in [-0.3, -0.25) is 4.79 Å². The number of nitrogens with one attached hydrogen (secondary N) is 2. The van der Waals surface area contributed by atoms with Crippen LogP contribution in [0.5, 0.6) is 0 Å². The Labute approximate surface area is 179 Å². The van der Waals surface area contributed by atoms with Crippen LogP contribution < -0.4 is 10.6 Å². The van der Waals surface area contributed by atoms with Crippen LogP contribution in [0.25, 0.3) is 22.2 Å². The molecule has 3 heterocycles. The zero-order valence-electron chi connectivity index (χ0n) is 17.1. The van der Waals surface area contributed by atoms with Crippen molar-refractivity contribution in [2.45, 2.75) is 50.3 Å². The van der Waals surface area contributed by atoms with Gasteiger partial charge in [-0.1, -0.05) is 30.3 Å². The lowest BCUT2D eigenvalue weighted by Gasteiger charge is -2.17. The molecule has 0 spiro atoms. The minimum absolute atomic E-state index is 0.0820. The Kier molecular flexibility index (Phi) is 5.09. The molecular formula is C22H25N5O4. The SMILES string of the molecule is C[C@H]1O[C@@H](n2cc(-c3ccccc3)c3c(NCC(=O)NC4CC4)ncnc32)[C@H](O)[C@@H]1O. The maximum absolute atomic E-state index is 12.2. The van der Waals surface area contributed by atoms with E-state index in [-0.39, 0.29) is 18.5 Å². The minimum atomic E-state index is -1.09. The smallest absolute Gasteiger partial charge is 0.239 e. The number of anilines is 1. The van der Waals surface area contributed by atoms with E-state index in [2.05, 4.69) is 20.6 Å². The van der Waals surface area contributed by atoms with Crippen molar-refractivity contribution < 1.29 is 19.7 Å². The Morgan fingerprint density at radius 1 is 1.19 bits per heavy atom. The first kappa shape index (κ1) is 19.9. The second-order valence-electron chi connectivity index (χ2n) is 8.15. The number of fused-ring (bicyclic) bond motifs is 1. The van der Waals surface area contributed by atoms with Crippen LogP contribution in [0.3, 0.4) is 0 Å². The molecule has 0 bridgehead atoms. The molecule has 5 rings (SSSR count). The van der Waals surface area contributed by atoms with Crippen molar-refractivity contribution >= 4 is 22.8 Å². The molecule has 2 fully saturated rings. The lowest BCUT2D eigenvalue weighted by atomic mass is 10.1. The fraction of sp³-hybridized carbons (Fsp3) is 0.409. The molecule has 1 aromatic carbocycles. The van der Waals surface area contributed by atoms with Crippen molar-refractivity contribution in [1.29, 1.82) is 0 Å². The van der Waals surface area contributed by atoms with Crippen molar-refractivity contribution in [3.05, 3.63) is 42.9 Å². The maximum atomic E-state index is 12.2. The second kappa shape index (κ2) is 7.92. The van der Waals surface area contributed by atoms with Gasteiger partial charge in [0, 0.05) is 17.8 Å². The predicted octanol–water partition coefficient (Wildman–Crippen LogP) is 1.43. The van der Waals surface area contributed by atoms with E-state index in [9.17, 15) is 15.0 Å². The summed E-state index contributed by atoms with van der Waals surface area (Å²) in [5.41, 5.74) is 2.32. The molecule has 0 radical (unpaired) electrons. The maximum Gasteiger partial charge on any atom is 0.239 e. The molecule has 9 nitrogen and oxygen atoms in total. The number of hydrogen-bond donors (Lipinski definition) is 4. The number of aliphatic hydroxyl groups is 2. The van der Waals surface area contributed by atoms with Crippen molar-refractivity contribution in [2.75, 3.05) is 11.9 Å². The summed E-state index contributed by atoms with van der Waals surface area (Å²) >= 11 is 0. The van der Waals surface area contributed by atoms with E-state index in [0.717, 1.165) is 29.4 Å². The van der Waals surface area contributed by atoms with Gasteiger partial charge in [0.2, 0.25) is 5.91 Å². The first-order chi connectivity index (χ1) is 15.0. The molecule has 2 aromatic heterocycles. The van der Waals surface area contributed by atoms with Crippen LogP contribution in [-0.4, -0.2) is 61.6 Å². The highest BCUT2D eigenvalue weighted by molar-refractivity contribution is 6.02. The Balaban J connectivity index is 1.57. The highest BCUT2D eigenvalue weighted by Gasteiger charge is 2.42. The molecule has 0 unspecified atom stereocenters. The molecule has 4 atom stereocenters. The van der Waals surface area contributed by atoms with E-state index in [4.69, 9.17) is 4.74 Å². The summed E-state index contributed by atoms with van der Waals surface area (Å²) in [6.45, 7) is 1.82. The van der Waals surface area contributed by atoms with Gasteiger partial charge in [0.05, 0.1) is 18.0 Å². The molecular weight excluding hydrogens is 398 g/mol. The Morgan fingerprint density at radius 3 is 2.65 bits per heavy atom. The zero-order valence-corrected chi connectivity index (χ0v) is 17.1. The summed E-state index contributed by atoms with van der Waals surface area (Å²) in [5.74, 6) is 0.441. The van der Waals surface area contributed by atoms with E-state index in [0.29, 0.717) is 11.5 Å². The third kappa shape index (κ3) is 3.76. The molecule has 2 aliphatic rings. The number of aromatic nitrogens is 3. The van der Waals surface area contributed by atoms with Crippen molar-refractivity contribution in [3.63, 3.8) is 0 Å². The van der Waals surface area contributed by atoms with Gasteiger partial charge < -0.3 is 30.2 Å². The van der Waals surface area contributed by atoms with Gasteiger partial charge in [0.1, 0.15) is 30.0 Å². The fourth-order valence-corrected chi connectivity index (χ4v) is 3.98. The van der Waals surface area contributed by atoms with Gasteiger partial charge in [-0.15, -0.1) is 0 Å². The van der Waals surface area contributed by atoms with E-state index in [1.807, 2.05) is 36.5 Å². The number of nitrogens with zero attached hydrogens (tertiary/aromatic N) is 3. The second-order valence-corrected chi connectivity index (χ2v) is 8.15. The Bertz CT molecular complexity index is 1100. The standard InChI is InChI=1S/C22H25N5O4/c1-12-18(29)19(30)22(31-12)27-10-15(13-5-3-2-4-6-13)17-20(24-11-25-21(17)27)23-9-16(28)26-14-7-8-14/h2-6,10-12,14,18-19,22,29-30H,7-9H2,1H3,(H,26,28)(H,23,24,25)/t12-,18-,19-,22-/m1/s1. The molecule has 162 valence electrons. The summed E-state index contributed by atoms with van der Waals surface area (Å²) < 4.78 is 7.56. The monoisotopic (exact) mass is 423 g/mol. The third-order valence-electron chi connectivity index (χ3n) is 5.80. The molecule has 4 N–H and O–H groups in total. The topological polar surface area (TPSA) is 122 Å². The van der Waals surface area contributed by atoms with Gasteiger partial charge in [-0.05, 0) is 25.3 Å². The Morgan fingerprint density at radius 2 is 1.97 bits per heavy atom. The van der Waals surface area contributed by atoms with E-state index in [1.165, 1.54) is 6.33 Å². The molecule has 1 amide bonds. The average molecular weight is 423 g/mol. The first-order valence-corrected chi connectivity index (χ1v) is 10.5. The van der Waals surface area contributed by atoms with Gasteiger partial charge in [-0.25, -0.2) is 9.97 Å². The van der Waals surface area contributed by atoms with Crippen LogP contribution in [0.15, 0.2) is 42.9 Å². The predicted molar refractivity (Wildman–Crippen MR) is 114 cm³/mol. The number of aliphatic hydroxyl groups excluding tert-OH is 2. The van der Waals surface area contributed by atoms with E-state index in [1.54, 1.807) is 11.5 Å². The normalized spacial score (nSPS) is 25.6. The number of ether oxygens (including phenoxy) is 1. The molecule has 9 heteroatoms. The lowest BCUT2D eigenvalue weighted by molar-refractivity contribution is -0.119. The van der Waals surface area contributed by atoms with Gasteiger partial charge in [0.15, 0.2) is 6.23 Å². The van der Waals surface area contributed by atoms with E-state index >= 15 is 0 Å². The van der Waals surface area contributed by atoms with E-state index < -0.39 is 24.5 Å². The largest absolute Gasteiger partial charge is 0.388 e. The number of carbonyl (C=O) groups excluding carboxylic acids is 1. The number of rotatable bonds is 6. The van der Waals surface area contributed by atoms with Crippen LogP contribution >= 0.6 is 0 Å². The molecule has 3 aromatic rings. The van der Waals surface area contributed by atoms with Crippen molar-refractivity contribution in [3.8, 4) is 11.1 Å². The minimum Gasteiger partial charge on any atom is -0.388 e. The number of hydrogen-bond acceptors (Lipinski definition) is 7. The highest BCUT2D eigenvalue weighted by Crippen LogP contribution is 2.38.